The Hall–Kier alpha value is -3.02. The van der Waals surface area contributed by atoms with Gasteiger partial charge in [-0.25, -0.2) is 0 Å². The average Bonchev–Trinajstić information content (AvgIpc) is 2.71. The first kappa shape index (κ1) is 22.3. The summed E-state index contributed by atoms with van der Waals surface area (Å²) in [6.45, 7) is 5.69. The van der Waals surface area contributed by atoms with Crippen LogP contribution in [0.15, 0.2) is 48.5 Å². The number of aryl methyl sites for hydroxylation is 1. The van der Waals surface area contributed by atoms with E-state index < -0.39 is 0 Å². The number of benzene rings is 2. The van der Waals surface area contributed by atoms with Gasteiger partial charge in [-0.1, -0.05) is 37.6 Å². The second-order valence-corrected chi connectivity index (χ2v) is 7.05. The van der Waals surface area contributed by atoms with Crippen LogP contribution in [0.4, 0.5) is 5.69 Å². The topological polar surface area (TPSA) is 67.9 Å². The largest absolute Gasteiger partial charge is 0.495 e. The van der Waals surface area contributed by atoms with Crippen molar-refractivity contribution in [2.75, 3.05) is 25.6 Å². The van der Waals surface area contributed by atoms with Crippen molar-refractivity contribution < 1.29 is 19.1 Å². The Labute approximate surface area is 172 Å². The second kappa shape index (κ2) is 11.1. The number of nitrogens with zero attached hydrogens (tertiary/aromatic N) is 1. The Balaban J connectivity index is 1.93. The van der Waals surface area contributed by atoms with Gasteiger partial charge in [0, 0.05) is 6.04 Å². The van der Waals surface area contributed by atoms with Crippen LogP contribution >= 0.6 is 0 Å². The van der Waals surface area contributed by atoms with Gasteiger partial charge in [0.25, 0.3) is 5.91 Å². The zero-order valence-corrected chi connectivity index (χ0v) is 17.6. The number of hydrogen-bond acceptors (Lipinski definition) is 4. The van der Waals surface area contributed by atoms with E-state index >= 15 is 0 Å². The Kier molecular flexibility index (Phi) is 8.52. The van der Waals surface area contributed by atoms with Crippen LogP contribution in [0.25, 0.3) is 0 Å². The van der Waals surface area contributed by atoms with Crippen molar-refractivity contribution in [2.45, 2.75) is 39.7 Å². The third-order valence-electron chi connectivity index (χ3n) is 4.46. The molecule has 0 aliphatic rings. The second-order valence-electron chi connectivity index (χ2n) is 7.05. The van der Waals surface area contributed by atoms with Crippen molar-refractivity contribution in [1.82, 2.24) is 4.90 Å². The molecule has 6 nitrogen and oxygen atoms in total. The first-order valence-corrected chi connectivity index (χ1v) is 9.88. The summed E-state index contributed by atoms with van der Waals surface area (Å²) < 4.78 is 10.9. The number of ether oxygens (including phenoxy) is 2. The minimum absolute atomic E-state index is 0.0622. The Bertz CT molecular complexity index is 803. The Morgan fingerprint density at radius 2 is 1.76 bits per heavy atom. The highest BCUT2D eigenvalue weighted by molar-refractivity contribution is 5.95. The van der Waals surface area contributed by atoms with Gasteiger partial charge in [-0.2, -0.15) is 0 Å². The summed E-state index contributed by atoms with van der Waals surface area (Å²) in [6, 6.07) is 14.8. The van der Waals surface area contributed by atoms with Crippen molar-refractivity contribution in [1.29, 1.82) is 0 Å². The molecular weight excluding hydrogens is 368 g/mol. The Morgan fingerprint density at radius 3 is 2.38 bits per heavy atom. The highest BCUT2D eigenvalue weighted by Gasteiger charge is 2.21. The number of methoxy groups -OCH3 is 1. The molecule has 0 aliphatic carbocycles. The van der Waals surface area contributed by atoms with Gasteiger partial charge in [-0.15, -0.1) is 0 Å². The zero-order valence-electron chi connectivity index (χ0n) is 17.6. The number of para-hydroxylation sites is 2. The first-order valence-electron chi connectivity index (χ1n) is 9.88. The lowest BCUT2D eigenvalue weighted by atomic mass is 10.1. The molecule has 0 heterocycles. The van der Waals surface area contributed by atoms with E-state index in [0.29, 0.717) is 17.2 Å². The molecule has 29 heavy (non-hydrogen) atoms. The molecular formula is C23H30N2O4. The maximum Gasteiger partial charge on any atom is 0.261 e. The van der Waals surface area contributed by atoms with Crippen molar-refractivity contribution in [3.63, 3.8) is 0 Å². The molecule has 0 fully saturated rings. The quantitative estimate of drug-likeness (QED) is 0.659. The summed E-state index contributed by atoms with van der Waals surface area (Å²) in [5.74, 6) is 0.673. The number of hydrogen-bond donors (Lipinski definition) is 1. The smallest absolute Gasteiger partial charge is 0.261 e. The third kappa shape index (κ3) is 6.82. The number of amides is 2. The van der Waals surface area contributed by atoms with Crippen molar-refractivity contribution in [3.8, 4) is 11.5 Å². The fourth-order valence-electron chi connectivity index (χ4n) is 2.92. The fraction of sp³-hybridized carbons (Fsp3) is 0.391. The summed E-state index contributed by atoms with van der Waals surface area (Å²) in [5, 5.41) is 2.79. The van der Waals surface area contributed by atoms with Crippen molar-refractivity contribution in [2.24, 2.45) is 0 Å². The van der Waals surface area contributed by atoms with Crippen molar-refractivity contribution in [3.05, 3.63) is 54.1 Å². The molecule has 156 valence electrons. The van der Waals surface area contributed by atoms with Gasteiger partial charge in [0.05, 0.1) is 12.8 Å². The molecule has 2 rings (SSSR count). The summed E-state index contributed by atoms with van der Waals surface area (Å²) >= 11 is 0. The molecule has 2 aromatic carbocycles. The third-order valence-corrected chi connectivity index (χ3v) is 4.46. The summed E-state index contributed by atoms with van der Waals surface area (Å²) in [5.41, 5.74) is 1.81. The van der Waals surface area contributed by atoms with E-state index in [1.165, 1.54) is 10.5 Å². The van der Waals surface area contributed by atoms with Gasteiger partial charge in [-0.05, 0) is 50.1 Å². The summed E-state index contributed by atoms with van der Waals surface area (Å²) in [6.07, 6.45) is 2.10. The zero-order chi connectivity index (χ0) is 21.2. The lowest BCUT2D eigenvalue weighted by Crippen LogP contribution is -2.44. The van der Waals surface area contributed by atoms with E-state index in [4.69, 9.17) is 9.47 Å². The molecule has 2 amide bonds. The molecule has 2 aromatic rings. The van der Waals surface area contributed by atoms with Crippen LogP contribution in [0.1, 0.15) is 32.8 Å². The van der Waals surface area contributed by atoms with E-state index in [9.17, 15) is 9.59 Å². The number of carbonyl (C=O) groups is 2. The van der Waals surface area contributed by atoms with E-state index in [2.05, 4.69) is 12.2 Å². The monoisotopic (exact) mass is 398 g/mol. The van der Waals surface area contributed by atoms with Crippen molar-refractivity contribution >= 4 is 17.5 Å². The highest BCUT2D eigenvalue weighted by atomic mass is 16.5. The maximum absolute atomic E-state index is 12.6. The molecule has 0 unspecified atom stereocenters. The van der Waals surface area contributed by atoms with Crippen LogP contribution in [0, 0.1) is 0 Å². The van der Waals surface area contributed by atoms with Crippen LogP contribution in [0.2, 0.25) is 0 Å². The predicted octanol–water partition coefficient (Wildman–Crippen LogP) is 3.90. The van der Waals surface area contributed by atoms with Gasteiger partial charge in [0.15, 0.2) is 6.61 Å². The van der Waals surface area contributed by atoms with E-state index in [0.717, 1.165) is 12.8 Å². The van der Waals surface area contributed by atoms with Crippen LogP contribution in [0.3, 0.4) is 0 Å². The van der Waals surface area contributed by atoms with Crippen LogP contribution in [-0.2, 0) is 16.0 Å². The van der Waals surface area contributed by atoms with Gasteiger partial charge in [0.1, 0.15) is 18.0 Å². The number of nitrogens with one attached hydrogen (secondary N) is 1. The fourth-order valence-corrected chi connectivity index (χ4v) is 2.92. The highest BCUT2D eigenvalue weighted by Crippen LogP contribution is 2.23. The minimum atomic E-state index is -0.291. The van der Waals surface area contributed by atoms with Gasteiger partial charge < -0.3 is 19.7 Å². The van der Waals surface area contributed by atoms with E-state index in [1.54, 1.807) is 19.2 Å². The standard InChI is InChI=1S/C23H30N2O4/c1-5-8-18-11-13-19(14-12-18)29-16-23(27)25(17(2)3)15-22(26)24-20-9-6-7-10-21(20)28-4/h6-7,9-14,17H,5,8,15-16H2,1-4H3,(H,24,26). The normalized spacial score (nSPS) is 10.5. The van der Waals surface area contributed by atoms with Crippen LogP contribution < -0.4 is 14.8 Å². The maximum atomic E-state index is 12.6. The molecule has 0 atom stereocenters. The molecule has 0 radical (unpaired) electrons. The molecule has 0 spiro atoms. The van der Waals surface area contributed by atoms with Crippen LogP contribution in [0.5, 0.6) is 11.5 Å². The predicted molar refractivity (Wildman–Crippen MR) is 114 cm³/mol. The lowest BCUT2D eigenvalue weighted by molar-refractivity contribution is -0.138. The molecule has 6 heteroatoms. The molecule has 0 saturated heterocycles. The van der Waals surface area contributed by atoms with Gasteiger partial charge in [0.2, 0.25) is 5.91 Å². The molecule has 0 saturated carbocycles. The summed E-state index contributed by atoms with van der Waals surface area (Å²) in [7, 11) is 1.54. The Morgan fingerprint density at radius 1 is 1.07 bits per heavy atom. The molecule has 0 aliphatic heterocycles. The average molecular weight is 399 g/mol. The van der Waals surface area contributed by atoms with E-state index in [1.807, 2.05) is 50.2 Å². The SMILES string of the molecule is CCCc1ccc(OCC(=O)N(CC(=O)Nc2ccccc2OC)C(C)C)cc1. The minimum Gasteiger partial charge on any atom is -0.495 e. The summed E-state index contributed by atoms with van der Waals surface area (Å²) in [4.78, 5) is 26.6. The van der Waals surface area contributed by atoms with E-state index in [-0.39, 0.29) is 31.0 Å². The molecule has 0 aromatic heterocycles. The first-order chi connectivity index (χ1) is 13.9. The van der Waals surface area contributed by atoms with Crippen LogP contribution in [-0.4, -0.2) is 43.0 Å². The number of carbonyl (C=O) groups excluding carboxylic acids is 2. The lowest BCUT2D eigenvalue weighted by Gasteiger charge is -2.26. The van der Waals surface area contributed by atoms with Gasteiger partial charge in [-0.3, -0.25) is 9.59 Å². The van der Waals surface area contributed by atoms with Gasteiger partial charge >= 0.3 is 0 Å². The molecule has 0 bridgehead atoms. The number of rotatable bonds is 10. The number of anilines is 1. The molecule has 1 N–H and O–H groups in total.